The van der Waals surface area contributed by atoms with E-state index >= 15 is 0 Å². The van der Waals surface area contributed by atoms with Crippen molar-refractivity contribution in [3.05, 3.63) is 34.9 Å². The van der Waals surface area contributed by atoms with Crippen LogP contribution in [-0.4, -0.2) is 36.6 Å². The molecule has 0 saturated carbocycles. The van der Waals surface area contributed by atoms with Crippen molar-refractivity contribution in [2.45, 2.75) is 39.7 Å². The molecule has 1 rings (SSSR count). The number of carbonyl (C=O) groups is 2. The van der Waals surface area contributed by atoms with E-state index in [2.05, 4.69) is 16.2 Å². The minimum absolute atomic E-state index is 0.0262. The Balaban J connectivity index is 2.34. The topological polar surface area (TPSA) is 79.5 Å². The van der Waals surface area contributed by atoms with Crippen LogP contribution in [0.15, 0.2) is 18.2 Å². The first kappa shape index (κ1) is 20.1. The van der Waals surface area contributed by atoms with E-state index < -0.39 is 0 Å². The SMILES string of the molecule is COC[C@@H](C)NC(=S)NNC(=O)CCC(=O)c1ccc(C)c(C)c1. The van der Waals surface area contributed by atoms with E-state index in [1.54, 1.807) is 13.2 Å². The molecule has 0 heterocycles. The summed E-state index contributed by atoms with van der Waals surface area (Å²) >= 11 is 5.04. The van der Waals surface area contributed by atoms with Gasteiger partial charge in [-0.25, -0.2) is 0 Å². The van der Waals surface area contributed by atoms with Gasteiger partial charge in [0.15, 0.2) is 10.9 Å². The summed E-state index contributed by atoms with van der Waals surface area (Å²) in [6, 6.07) is 5.58. The molecule has 132 valence electrons. The predicted molar refractivity (Wildman–Crippen MR) is 97.8 cm³/mol. The summed E-state index contributed by atoms with van der Waals surface area (Å²) in [5, 5.41) is 3.25. The highest BCUT2D eigenvalue weighted by Crippen LogP contribution is 2.12. The highest BCUT2D eigenvalue weighted by Gasteiger charge is 2.11. The third kappa shape index (κ3) is 7.06. The van der Waals surface area contributed by atoms with Crippen molar-refractivity contribution < 1.29 is 14.3 Å². The number of nitrogens with one attached hydrogen (secondary N) is 3. The molecular weight excluding hydrogens is 326 g/mol. The molecule has 1 amide bonds. The lowest BCUT2D eigenvalue weighted by molar-refractivity contribution is -0.121. The summed E-state index contributed by atoms with van der Waals surface area (Å²) in [7, 11) is 1.60. The number of hydrogen-bond donors (Lipinski definition) is 3. The van der Waals surface area contributed by atoms with Crippen LogP contribution in [0.25, 0.3) is 0 Å². The van der Waals surface area contributed by atoms with Gasteiger partial charge >= 0.3 is 0 Å². The fourth-order valence-corrected chi connectivity index (χ4v) is 2.28. The summed E-state index contributed by atoms with van der Waals surface area (Å²) < 4.78 is 4.98. The molecular formula is C17H25N3O3S. The molecule has 6 nitrogen and oxygen atoms in total. The number of methoxy groups -OCH3 is 1. The molecule has 1 atom stereocenters. The first-order valence-electron chi connectivity index (χ1n) is 7.78. The molecule has 24 heavy (non-hydrogen) atoms. The lowest BCUT2D eigenvalue weighted by atomic mass is 10.0. The highest BCUT2D eigenvalue weighted by atomic mass is 32.1. The van der Waals surface area contributed by atoms with Crippen LogP contribution in [0.5, 0.6) is 0 Å². The van der Waals surface area contributed by atoms with Gasteiger partial charge in [-0.15, -0.1) is 0 Å². The van der Waals surface area contributed by atoms with E-state index in [1.807, 2.05) is 32.9 Å². The first-order valence-corrected chi connectivity index (χ1v) is 8.19. The van der Waals surface area contributed by atoms with E-state index in [4.69, 9.17) is 17.0 Å². The molecule has 0 saturated heterocycles. The van der Waals surface area contributed by atoms with Gasteiger partial charge in [-0.1, -0.05) is 12.1 Å². The van der Waals surface area contributed by atoms with Crippen LogP contribution in [-0.2, 0) is 9.53 Å². The summed E-state index contributed by atoms with van der Waals surface area (Å²) in [4.78, 5) is 23.9. The van der Waals surface area contributed by atoms with Gasteiger partial charge in [-0.05, 0) is 50.2 Å². The Morgan fingerprint density at radius 3 is 2.50 bits per heavy atom. The normalized spacial score (nSPS) is 11.5. The largest absolute Gasteiger partial charge is 0.383 e. The van der Waals surface area contributed by atoms with E-state index in [0.29, 0.717) is 17.3 Å². The first-order chi connectivity index (χ1) is 11.3. The van der Waals surface area contributed by atoms with Gasteiger partial charge in [0.2, 0.25) is 5.91 Å². The molecule has 1 aromatic rings. The average Bonchev–Trinajstić information content (AvgIpc) is 2.53. The van der Waals surface area contributed by atoms with Crippen LogP contribution < -0.4 is 16.2 Å². The zero-order valence-corrected chi connectivity index (χ0v) is 15.4. The van der Waals surface area contributed by atoms with E-state index in [-0.39, 0.29) is 30.6 Å². The minimum atomic E-state index is -0.296. The Labute approximate surface area is 148 Å². The molecule has 3 N–H and O–H groups in total. The summed E-state index contributed by atoms with van der Waals surface area (Å²) in [6.45, 7) is 6.36. The maximum Gasteiger partial charge on any atom is 0.238 e. The molecule has 7 heteroatoms. The van der Waals surface area contributed by atoms with Crippen molar-refractivity contribution >= 4 is 29.0 Å². The third-order valence-electron chi connectivity index (χ3n) is 3.52. The predicted octanol–water partition coefficient (Wildman–Crippen LogP) is 1.80. The van der Waals surface area contributed by atoms with Gasteiger partial charge in [0.25, 0.3) is 0 Å². The second-order valence-corrected chi connectivity index (χ2v) is 6.13. The van der Waals surface area contributed by atoms with E-state index in [0.717, 1.165) is 11.1 Å². The molecule has 1 aromatic carbocycles. The van der Waals surface area contributed by atoms with Crippen LogP contribution in [0.4, 0.5) is 0 Å². The monoisotopic (exact) mass is 351 g/mol. The van der Waals surface area contributed by atoms with Crippen LogP contribution in [0.2, 0.25) is 0 Å². The van der Waals surface area contributed by atoms with Crippen molar-refractivity contribution in [2.75, 3.05) is 13.7 Å². The number of amides is 1. The molecule has 0 spiro atoms. The second kappa shape index (κ2) is 10.00. The number of ketones is 1. The van der Waals surface area contributed by atoms with E-state index in [9.17, 15) is 9.59 Å². The van der Waals surface area contributed by atoms with Gasteiger partial charge in [-0.3, -0.25) is 20.4 Å². The van der Waals surface area contributed by atoms with Gasteiger partial charge in [0.05, 0.1) is 6.61 Å². The quantitative estimate of drug-likeness (QED) is 0.395. The van der Waals surface area contributed by atoms with Crippen LogP contribution in [0.3, 0.4) is 0 Å². The smallest absolute Gasteiger partial charge is 0.238 e. The molecule has 0 aliphatic heterocycles. The van der Waals surface area contributed by atoms with Gasteiger partial charge in [-0.2, -0.15) is 0 Å². The summed E-state index contributed by atoms with van der Waals surface area (Å²) in [5.41, 5.74) is 7.91. The van der Waals surface area contributed by atoms with Crippen molar-refractivity contribution in [1.29, 1.82) is 0 Å². The maximum atomic E-state index is 12.1. The summed E-state index contributed by atoms with van der Waals surface area (Å²) in [6.07, 6.45) is 0.241. The zero-order chi connectivity index (χ0) is 18.1. The Morgan fingerprint density at radius 1 is 1.17 bits per heavy atom. The molecule has 0 fully saturated rings. The molecule has 0 aliphatic rings. The minimum Gasteiger partial charge on any atom is -0.383 e. The molecule has 0 radical (unpaired) electrons. The average molecular weight is 351 g/mol. The molecule has 0 bridgehead atoms. The number of thiocarbonyl (C=S) groups is 1. The van der Waals surface area contributed by atoms with Crippen LogP contribution in [0.1, 0.15) is 41.3 Å². The fraction of sp³-hybridized carbons (Fsp3) is 0.471. The Morgan fingerprint density at radius 2 is 1.88 bits per heavy atom. The maximum absolute atomic E-state index is 12.1. The number of hydrogen-bond acceptors (Lipinski definition) is 4. The standard InChI is InChI=1S/C17H25N3O3S/c1-11-5-6-14(9-12(11)2)15(21)7-8-16(22)19-20-17(24)18-13(3)10-23-4/h5-6,9,13H,7-8,10H2,1-4H3,(H,19,22)(H2,18,20,24)/t13-/m1/s1. The number of carbonyl (C=O) groups excluding carboxylic acids is 2. The lowest BCUT2D eigenvalue weighted by Gasteiger charge is -2.16. The van der Waals surface area contributed by atoms with Crippen molar-refractivity contribution in [3.63, 3.8) is 0 Å². The van der Waals surface area contributed by atoms with Crippen molar-refractivity contribution in [3.8, 4) is 0 Å². The number of hydrazine groups is 1. The van der Waals surface area contributed by atoms with Gasteiger partial charge < -0.3 is 10.1 Å². The van der Waals surface area contributed by atoms with Crippen LogP contribution >= 0.6 is 12.2 Å². The Kier molecular flexibility index (Phi) is 8.35. The highest BCUT2D eigenvalue weighted by molar-refractivity contribution is 7.80. The molecule has 0 aliphatic carbocycles. The van der Waals surface area contributed by atoms with E-state index in [1.165, 1.54) is 0 Å². The van der Waals surface area contributed by atoms with Crippen molar-refractivity contribution in [2.24, 2.45) is 0 Å². The number of Topliss-reactive ketones (excluding diaryl/α,β-unsaturated/α-hetero) is 1. The van der Waals surface area contributed by atoms with Gasteiger partial charge in [0.1, 0.15) is 0 Å². The van der Waals surface area contributed by atoms with Crippen LogP contribution in [0, 0.1) is 13.8 Å². The number of rotatable bonds is 7. The van der Waals surface area contributed by atoms with Crippen molar-refractivity contribution in [1.82, 2.24) is 16.2 Å². The number of benzene rings is 1. The fourth-order valence-electron chi connectivity index (χ4n) is 2.03. The van der Waals surface area contributed by atoms with Gasteiger partial charge in [0, 0.05) is 31.6 Å². The third-order valence-corrected chi connectivity index (χ3v) is 3.74. The number of aryl methyl sites for hydroxylation is 2. The molecule has 0 unspecified atom stereocenters. The molecule has 0 aromatic heterocycles. The second-order valence-electron chi connectivity index (χ2n) is 5.73. The zero-order valence-electron chi connectivity index (χ0n) is 14.6. The Bertz CT molecular complexity index is 605. The number of ether oxygens (including phenoxy) is 1. The lowest BCUT2D eigenvalue weighted by Crippen LogP contribution is -2.49. The summed E-state index contributed by atoms with van der Waals surface area (Å²) in [5.74, 6) is -0.349. The Hall–Kier alpha value is -1.99.